The predicted molar refractivity (Wildman–Crippen MR) is 136 cm³/mol. The van der Waals surface area contributed by atoms with Crippen molar-refractivity contribution in [3.63, 3.8) is 0 Å². The molecule has 0 saturated heterocycles. The maximum absolute atomic E-state index is 11.5. The molecular weight excluding hydrogens is 459 g/mol. The van der Waals surface area contributed by atoms with Crippen LogP contribution in [-0.2, 0) is 0 Å². The van der Waals surface area contributed by atoms with E-state index in [0.717, 1.165) is 17.9 Å². The van der Waals surface area contributed by atoms with E-state index in [1.165, 1.54) is 107 Å². The van der Waals surface area contributed by atoms with Crippen LogP contribution in [0.1, 0.15) is 96.8 Å². The first-order valence-electron chi connectivity index (χ1n) is 11.5. The number of thioether (sulfide) groups is 2. The second kappa shape index (κ2) is 18.5. The third-order valence-corrected chi connectivity index (χ3v) is 8.22. The second-order valence-electron chi connectivity index (χ2n) is 7.74. The van der Waals surface area contributed by atoms with Crippen LogP contribution in [0.2, 0.25) is 0 Å². The van der Waals surface area contributed by atoms with Gasteiger partial charge in [-0.25, -0.2) is 0 Å². The highest BCUT2D eigenvalue weighted by Crippen LogP contribution is 2.36. The molecule has 0 saturated carbocycles. The highest BCUT2D eigenvalue weighted by molar-refractivity contribution is 8.04. The van der Waals surface area contributed by atoms with Gasteiger partial charge in [0.05, 0.1) is 9.29 Å². The van der Waals surface area contributed by atoms with E-state index in [1.54, 1.807) is 0 Å². The standard InChI is InChI=1S/C22H38Cl2N2O2S2/c1-2-3-4-5-6-7-8-9-10-11-12-13-14-15-17-30-22-20(26(27)28)19(23)21(24)29-18-16-25-22/h25H,2-18H2,1H3/b21-19+,22-20-. The Morgan fingerprint density at radius 3 is 1.93 bits per heavy atom. The van der Waals surface area contributed by atoms with Crippen LogP contribution < -0.4 is 5.32 Å². The summed E-state index contributed by atoms with van der Waals surface area (Å²) in [6.45, 7) is 2.91. The predicted octanol–water partition coefficient (Wildman–Crippen LogP) is 8.63. The Balaban J connectivity index is 2.11. The zero-order valence-corrected chi connectivity index (χ0v) is 21.5. The SMILES string of the molecule is CCCCCCCCCCCCCCCCS/C1=C([N+](=O)[O-])/C(Cl)=C(/Cl)SCCN1. The molecule has 4 nitrogen and oxygen atoms in total. The van der Waals surface area contributed by atoms with E-state index in [4.69, 9.17) is 23.2 Å². The van der Waals surface area contributed by atoms with Gasteiger partial charge in [-0.1, -0.05) is 114 Å². The van der Waals surface area contributed by atoms with Gasteiger partial charge in [-0.05, 0) is 12.2 Å². The van der Waals surface area contributed by atoms with Crippen molar-refractivity contribution in [2.24, 2.45) is 0 Å². The van der Waals surface area contributed by atoms with Gasteiger partial charge in [-0.15, -0.1) is 23.5 Å². The minimum absolute atomic E-state index is 0.0438. The smallest absolute Gasteiger partial charge is 0.319 e. The third-order valence-electron chi connectivity index (χ3n) is 5.14. The Labute approximate surface area is 201 Å². The third kappa shape index (κ3) is 12.7. The van der Waals surface area contributed by atoms with Gasteiger partial charge in [-0.3, -0.25) is 10.1 Å². The highest BCUT2D eigenvalue weighted by Gasteiger charge is 2.27. The van der Waals surface area contributed by atoms with Gasteiger partial charge in [0, 0.05) is 12.3 Å². The summed E-state index contributed by atoms with van der Waals surface area (Å²) in [5, 5.41) is 15.2. The molecule has 30 heavy (non-hydrogen) atoms. The maximum atomic E-state index is 11.5. The Kier molecular flexibility index (Phi) is 17.3. The van der Waals surface area contributed by atoms with Crippen molar-refractivity contribution in [2.75, 3.05) is 18.1 Å². The van der Waals surface area contributed by atoms with Gasteiger partial charge in [-0.2, -0.15) is 0 Å². The molecule has 0 aromatic heterocycles. The molecule has 8 heteroatoms. The molecule has 1 aliphatic heterocycles. The molecule has 0 aromatic carbocycles. The summed E-state index contributed by atoms with van der Waals surface area (Å²) < 4.78 is 0.305. The molecule has 0 unspecified atom stereocenters. The van der Waals surface area contributed by atoms with E-state index in [0.29, 0.717) is 15.9 Å². The number of allylic oxidation sites excluding steroid dienone is 1. The lowest BCUT2D eigenvalue weighted by molar-refractivity contribution is -0.420. The molecule has 174 valence electrons. The molecule has 1 rings (SSSR count). The highest BCUT2D eigenvalue weighted by atomic mass is 35.5. The lowest BCUT2D eigenvalue weighted by Crippen LogP contribution is -2.21. The summed E-state index contributed by atoms with van der Waals surface area (Å²) in [6.07, 6.45) is 18.6. The minimum Gasteiger partial charge on any atom is -0.373 e. The summed E-state index contributed by atoms with van der Waals surface area (Å²) in [5.41, 5.74) is -0.0933. The van der Waals surface area contributed by atoms with Crippen LogP contribution in [0, 0.1) is 10.1 Å². The van der Waals surface area contributed by atoms with Crippen molar-refractivity contribution in [1.29, 1.82) is 0 Å². The quantitative estimate of drug-likeness (QED) is 0.124. The first-order chi connectivity index (χ1) is 14.6. The van der Waals surface area contributed by atoms with Crippen molar-refractivity contribution < 1.29 is 4.92 Å². The molecule has 1 N–H and O–H groups in total. The Morgan fingerprint density at radius 2 is 1.43 bits per heavy atom. The van der Waals surface area contributed by atoms with Crippen molar-refractivity contribution >= 4 is 46.7 Å². The van der Waals surface area contributed by atoms with Crippen molar-refractivity contribution in [2.45, 2.75) is 96.8 Å². The molecule has 0 atom stereocenters. The van der Waals surface area contributed by atoms with Gasteiger partial charge in [0.25, 0.3) is 0 Å². The molecule has 1 heterocycles. The van der Waals surface area contributed by atoms with Gasteiger partial charge in [0.15, 0.2) is 0 Å². The summed E-state index contributed by atoms with van der Waals surface area (Å²) in [7, 11) is 0. The van der Waals surface area contributed by atoms with Gasteiger partial charge >= 0.3 is 5.70 Å². The zero-order valence-electron chi connectivity index (χ0n) is 18.4. The zero-order chi connectivity index (χ0) is 22.0. The van der Waals surface area contributed by atoms with E-state index < -0.39 is 4.92 Å². The summed E-state index contributed by atoms with van der Waals surface area (Å²) in [4.78, 5) is 11.0. The topological polar surface area (TPSA) is 55.2 Å². The number of halogens is 2. The number of nitro groups is 1. The lowest BCUT2D eigenvalue weighted by Gasteiger charge is -2.14. The number of nitrogens with zero attached hydrogens (tertiary/aromatic N) is 1. The molecule has 0 spiro atoms. The average Bonchev–Trinajstić information content (AvgIpc) is 2.72. The fourth-order valence-corrected chi connectivity index (χ4v) is 5.78. The summed E-state index contributed by atoms with van der Waals surface area (Å²) in [6, 6.07) is 0. The van der Waals surface area contributed by atoms with E-state index in [1.807, 2.05) is 0 Å². The number of nitrogens with one attached hydrogen (secondary N) is 1. The fourth-order valence-electron chi connectivity index (χ4n) is 3.40. The monoisotopic (exact) mass is 496 g/mol. The molecule has 0 bridgehead atoms. The molecule has 0 aliphatic carbocycles. The molecular formula is C22H38Cl2N2O2S2. The normalized spacial score (nSPS) is 20.0. The van der Waals surface area contributed by atoms with Crippen LogP contribution in [0.4, 0.5) is 0 Å². The minimum atomic E-state index is -0.433. The van der Waals surface area contributed by atoms with Crippen LogP contribution in [0.5, 0.6) is 0 Å². The van der Waals surface area contributed by atoms with E-state index >= 15 is 0 Å². The van der Waals surface area contributed by atoms with Crippen LogP contribution in [0.25, 0.3) is 0 Å². The molecule has 0 amide bonds. The van der Waals surface area contributed by atoms with E-state index in [2.05, 4.69) is 12.2 Å². The number of rotatable bonds is 17. The molecule has 0 aromatic rings. The Hall–Kier alpha value is -0.0400. The number of hydrogen-bond donors (Lipinski definition) is 1. The van der Waals surface area contributed by atoms with Crippen LogP contribution >= 0.6 is 46.7 Å². The lowest BCUT2D eigenvalue weighted by atomic mass is 10.0. The van der Waals surface area contributed by atoms with Crippen LogP contribution in [-0.4, -0.2) is 23.0 Å². The molecule has 1 aliphatic rings. The van der Waals surface area contributed by atoms with E-state index in [9.17, 15) is 10.1 Å². The summed E-state index contributed by atoms with van der Waals surface area (Å²) in [5.74, 6) is 1.59. The van der Waals surface area contributed by atoms with E-state index in [-0.39, 0.29) is 10.7 Å². The second-order valence-corrected chi connectivity index (χ2v) is 10.9. The van der Waals surface area contributed by atoms with Crippen LogP contribution in [0.3, 0.4) is 0 Å². The Morgan fingerprint density at radius 1 is 0.933 bits per heavy atom. The van der Waals surface area contributed by atoms with Crippen molar-refractivity contribution in [3.8, 4) is 0 Å². The van der Waals surface area contributed by atoms with Crippen molar-refractivity contribution in [3.05, 3.63) is 30.2 Å². The average molecular weight is 498 g/mol. The van der Waals surface area contributed by atoms with Gasteiger partial charge in [0.1, 0.15) is 10.1 Å². The molecule has 0 radical (unpaired) electrons. The number of hydrogen-bond acceptors (Lipinski definition) is 5. The first kappa shape index (κ1) is 28.0. The van der Waals surface area contributed by atoms with Gasteiger partial charge < -0.3 is 5.32 Å². The largest absolute Gasteiger partial charge is 0.373 e. The fraction of sp³-hybridized carbons (Fsp3) is 0.818. The maximum Gasteiger partial charge on any atom is 0.319 e. The first-order valence-corrected chi connectivity index (χ1v) is 14.2. The number of unbranched alkanes of at least 4 members (excludes halogenated alkanes) is 13. The summed E-state index contributed by atoms with van der Waals surface area (Å²) >= 11 is 15.0. The molecule has 0 fully saturated rings. The van der Waals surface area contributed by atoms with Crippen LogP contribution in [0.15, 0.2) is 20.1 Å². The van der Waals surface area contributed by atoms with Crippen molar-refractivity contribution in [1.82, 2.24) is 5.32 Å². The Bertz CT molecular complexity index is 557. The van der Waals surface area contributed by atoms with Gasteiger partial charge in [0.2, 0.25) is 0 Å².